The maximum atomic E-state index is 13.3. The first-order valence-electron chi connectivity index (χ1n) is 10.9. The van der Waals surface area contributed by atoms with Crippen LogP contribution in [0.15, 0.2) is 74.8 Å². The van der Waals surface area contributed by atoms with E-state index in [1.54, 1.807) is 29.7 Å². The van der Waals surface area contributed by atoms with Gasteiger partial charge in [0.15, 0.2) is 11.0 Å². The van der Waals surface area contributed by atoms with Crippen molar-refractivity contribution in [3.63, 3.8) is 0 Å². The predicted molar refractivity (Wildman–Crippen MR) is 132 cm³/mol. The summed E-state index contributed by atoms with van der Waals surface area (Å²) in [6.45, 7) is 2.69. The number of para-hydroxylation sites is 1. The first-order chi connectivity index (χ1) is 16.7. The lowest BCUT2D eigenvalue weighted by Crippen LogP contribution is -2.28. The van der Waals surface area contributed by atoms with E-state index < -0.39 is 0 Å². The Labute approximate surface area is 205 Å². The van der Waals surface area contributed by atoms with Crippen molar-refractivity contribution in [2.75, 3.05) is 12.9 Å². The number of carbonyl (C=O) groups is 1. The summed E-state index contributed by atoms with van der Waals surface area (Å²) in [5.74, 6) is 2.24. The Hall–Kier alpha value is -3.37. The number of benzene rings is 1. The van der Waals surface area contributed by atoms with Gasteiger partial charge in [-0.15, -0.1) is 21.5 Å². The van der Waals surface area contributed by atoms with Gasteiger partial charge in [0.25, 0.3) is 5.91 Å². The van der Waals surface area contributed by atoms with Crippen LogP contribution in [0.3, 0.4) is 0 Å². The van der Waals surface area contributed by atoms with E-state index in [0.29, 0.717) is 23.9 Å². The zero-order valence-corrected chi connectivity index (χ0v) is 20.4. The molecule has 1 amide bonds. The second-order valence-corrected chi connectivity index (χ2v) is 9.43. The van der Waals surface area contributed by atoms with Crippen LogP contribution in [-0.4, -0.2) is 44.3 Å². The van der Waals surface area contributed by atoms with Crippen molar-refractivity contribution in [1.29, 1.82) is 0 Å². The highest BCUT2D eigenvalue weighted by Crippen LogP contribution is 2.35. The van der Waals surface area contributed by atoms with Crippen molar-refractivity contribution < 1.29 is 13.9 Å². The number of aromatic nitrogens is 3. The first-order valence-corrected chi connectivity index (χ1v) is 12.7. The molecule has 4 heterocycles. The molecule has 0 spiro atoms. The molecule has 34 heavy (non-hydrogen) atoms. The molecule has 3 aromatic heterocycles. The standard InChI is InChI=1S/C24H23N5O3S2/c1-3-28-23(16-8-4-5-9-19(16)31-2)25-26-24(28)34-15-22(30)29-18(20-10-6-12-32-20)14-17(27-29)21-11-7-13-33-21/h4-13,18H,3,14-15H2,1-2H3/t18-/m0/s1. The third kappa shape index (κ3) is 4.26. The van der Waals surface area contributed by atoms with Crippen molar-refractivity contribution in [2.24, 2.45) is 5.10 Å². The molecule has 0 unspecified atom stereocenters. The number of hydrogen-bond acceptors (Lipinski definition) is 8. The summed E-state index contributed by atoms with van der Waals surface area (Å²) in [7, 11) is 1.64. The maximum Gasteiger partial charge on any atom is 0.253 e. The SMILES string of the molecule is CCn1c(SCC(=O)N2N=C(c3cccs3)C[C@H]2c2ccco2)nnc1-c1ccccc1OC. The molecule has 0 saturated carbocycles. The Kier molecular flexibility index (Phi) is 6.50. The summed E-state index contributed by atoms with van der Waals surface area (Å²) in [6.07, 6.45) is 2.24. The fourth-order valence-electron chi connectivity index (χ4n) is 3.94. The van der Waals surface area contributed by atoms with Gasteiger partial charge in [-0.25, -0.2) is 5.01 Å². The summed E-state index contributed by atoms with van der Waals surface area (Å²) in [6, 6.07) is 15.2. The van der Waals surface area contributed by atoms with Gasteiger partial charge in [0, 0.05) is 13.0 Å². The lowest BCUT2D eigenvalue weighted by molar-refractivity contribution is -0.130. The molecule has 10 heteroatoms. The molecule has 1 atom stereocenters. The Morgan fingerprint density at radius 3 is 2.82 bits per heavy atom. The lowest BCUT2D eigenvalue weighted by Gasteiger charge is -2.19. The number of rotatable bonds is 8. The third-order valence-electron chi connectivity index (χ3n) is 5.55. The highest BCUT2D eigenvalue weighted by molar-refractivity contribution is 7.99. The van der Waals surface area contributed by atoms with Gasteiger partial charge in [-0.2, -0.15) is 5.10 Å². The van der Waals surface area contributed by atoms with Crippen LogP contribution < -0.4 is 4.74 Å². The molecule has 8 nitrogen and oxygen atoms in total. The molecule has 1 aliphatic rings. The van der Waals surface area contributed by atoms with E-state index in [-0.39, 0.29) is 17.7 Å². The van der Waals surface area contributed by atoms with E-state index in [4.69, 9.17) is 9.15 Å². The number of thiophene rings is 1. The summed E-state index contributed by atoms with van der Waals surface area (Å²) < 4.78 is 13.1. The summed E-state index contributed by atoms with van der Waals surface area (Å²) in [4.78, 5) is 14.4. The number of hydrogen-bond donors (Lipinski definition) is 0. The van der Waals surface area contributed by atoms with Crippen molar-refractivity contribution in [1.82, 2.24) is 19.8 Å². The zero-order chi connectivity index (χ0) is 23.5. The number of furan rings is 1. The molecule has 1 aliphatic heterocycles. The van der Waals surface area contributed by atoms with Crippen LogP contribution in [0.2, 0.25) is 0 Å². The number of methoxy groups -OCH3 is 1. The Balaban J connectivity index is 1.36. The van der Waals surface area contributed by atoms with Crippen molar-refractivity contribution in [3.05, 3.63) is 70.8 Å². The minimum atomic E-state index is -0.256. The molecule has 174 valence electrons. The number of carbonyl (C=O) groups excluding carboxylic acids is 1. The van der Waals surface area contributed by atoms with Gasteiger partial charge >= 0.3 is 0 Å². The number of ether oxygens (including phenoxy) is 1. The molecule has 0 radical (unpaired) electrons. The molecular weight excluding hydrogens is 470 g/mol. The fourth-order valence-corrected chi connectivity index (χ4v) is 5.51. The average molecular weight is 494 g/mol. The zero-order valence-electron chi connectivity index (χ0n) is 18.7. The molecule has 4 aromatic rings. The molecule has 1 aromatic carbocycles. The Bertz CT molecular complexity index is 1300. The van der Waals surface area contributed by atoms with Crippen LogP contribution in [-0.2, 0) is 11.3 Å². The maximum absolute atomic E-state index is 13.3. The van der Waals surface area contributed by atoms with Crippen molar-refractivity contribution in [2.45, 2.75) is 31.1 Å². The third-order valence-corrected chi connectivity index (χ3v) is 7.42. The van der Waals surface area contributed by atoms with Gasteiger partial charge in [-0.1, -0.05) is 30.0 Å². The Morgan fingerprint density at radius 1 is 1.21 bits per heavy atom. The highest BCUT2D eigenvalue weighted by atomic mass is 32.2. The van der Waals surface area contributed by atoms with E-state index in [1.807, 2.05) is 65.4 Å². The van der Waals surface area contributed by atoms with Gasteiger partial charge in [0.1, 0.15) is 17.6 Å². The van der Waals surface area contributed by atoms with E-state index in [0.717, 1.165) is 27.7 Å². The van der Waals surface area contributed by atoms with E-state index >= 15 is 0 Å². The van der Waals surface area contributed by atoms with E-state index in [9.17, 15) is 4.79 Å². The molecule has 0 aliphatic carbocycles. The van der Waals surface area contributed by atoms with E-state index in [1.165, 1.54) is 11.8 Å². The van der Waals surface area contributed by atoms with Crippen LogP contribution in [0, 0.1) is 0 Å². The molecular formula is C24H23N5O3S2. The van der Waals surface area contributed by atoms with Crippen molar-refractivity contribution >= 4 is 34.7 Å². The van der Waals surface area contributed by atoms with Crippen LogP contribution in [0.25, 0.3) is 11.4 Å². The Morgan fingerprint density at radius 2 is 2.09 bits per heavy atom. The minimum absolute atomic E-state index is 0.109. The predicted octanol–water partition coefficient (Wildman–Crippen LogP) is 5.10. The number of hydrazone groups is 1. The number of nitrogens with zero attached hydrogens (tertiary/aromatic N) is 5. The van der Waals surface area contributed by atoms with Gasteiger partial charge in [0.05, 0.1) is 35.3 Å². The van der Waals surface area contributed by atoms with Crippen LogP contribution in [0.5, 0.6) is 5.75 Å². The molecule has 0 saturated heterocycles. The van der Waals surface area contributed by atoms with Gasteiger partial charge in [0.2, 0.25) is 0 Å². The van der Waals surface area contributed by atoms with E-state index in [2.05, 4.69) is 15.3 Å². The second kappa shape index (κ2) is 9.86. The minimum Gasteiger partial charge on any atom is -0.496 e. The number of thioether (sulfide) groups is 1. The first kappa shape index (κ1) is 22.4. The smallest absolute Gasteiger partial charge is 0.253 e. The van der Waals surface area contributed by atoms with Gasteiger partial charge in [-0.05, 0) is 42.6 Å². The quantitative estimate of drug-likeness (QED) is 0.318. The molecule has 0 bridgehead atoms. The van der Waals surface area contributed by atoms with Crippen LogP contribution >= 0.6 is 23.1 Å². The fraction of sp³-hybridized carbons (Fsp3) is 0.250. The summed E-state index contributed by atoms with van der Waals surface area (Å²) >= 11 is 2.97. The second-order valence-electron chi connectivity index (χ2n) is 7.54. The van der Waals surface area contributed by atoms with Crippen LogP contribution in [0.4, 0.5) is 0 Å². The monoisotopic (exact) mass is 493 g/mol. The van der Waals surface area contributed by atoms with Gasteiger partial charge < -0.3 is 13.7 Å². The highest BCUT2D eigenvalue weighted by Gasteiger charge is 2.35. The molecule has 0 N–H and O–H groups in total. The number of amides is 1. The lowest BCUT2D eigenvalue weighted by atomic mass is 10.1. The average Bonchev–Trinajstić information content (AvgIpc) is 3.68. The van der Waals surface area contributed by atoms with Crippen LogP contribution in [0.1, 0.15) is 30.0 Å². The molecule has 0 fully saturated rings. The largest absolute Gasteiger partial charge is 0.496 e. The van der Waals surface area contributed by atoms with Gasteiger partial charge in [-0.3, -0.25) is 4.79 Å². The van der Waals surface area contributed by atoms with Crippen molar-refractivity contribution in [3.8, 4) is 17.1 Å². The summed E-state index contributed by atoms with van der Waals surface area (Å²) in [5, 5.41) is 17.7. The normalized spacial score (nSPS) is 15.5. The molecule has 5 rings (SSSR count). The topological polar surface area (TPSA) is 85.8 Å². The summed E-state index contributed by atoms with van der Waals surface area (Å²) in [5.41, 5.74) is 1.75.